The molecule has 3 aromatic carbocycles. The molecule has 0 atom stereocenters. The Hall–Kier alpha value is -3.09. The van der Waals surface area contributed by atoms with Crippen LogP contribution in [0.1, 0.15) is 34.5 Å². The maximum Gasteiger partial charge on any atom is 0.241 e. The van der Waals surface area contributed by atoms with Gasteiger partial charge in [-0.25, -0.2) is 0 Å². The van der Waals surface area contributed by atoms with Gasteiger partial charge < -0.3 is 10.6 Å². The quantitative estimate of drug-likeness (QED) is 0.234. The van der Waals surface area contributed by atoms with Crippen molar-refractivity contribution >= 4 is 57.3 Å². The van der Waals surface area contributed by atoms with Gasteiger partial charge in [0.1, 0.15) is 0 Å². The number of rotatable bonds is 5. The van der Waals surface area contributed by atoms with Gasteiger partial charge in [-0.3, -0.25) is 9.36 Å². The number of para-hydroxylation sites is 1. The Labute approximate surface area is 209 Å². The van der Waals surface area contributed by atoms with E-state index in [4.69, 9.17) is 12.2 Å². The van der Waals surface area contributed by atoms with E-state index in [1.54, 1.807) is 11.8 Å². The van der Waals surface area contributed by atoms with Crippen molar-refractivity contribution in [2.45, 2.75) is 37.5 Å². The van der Waals surface area contributed by atoms with Gasteiger partial charge in [0.25, 0.3) is 0 Å². The smallest absolute Gasteiger partial charge is 0.241 e. The van der Waals surface area contributed by atoms with E-state index in [2.05, 4.69) is 35.8 Å². The van der Waals surface area contributed by atoms with Crippen molar-refractivity contribution in [3.05, 3.63) is 89.6 Å². The van der Waals surface area contributed by atoms with Crippen LogP contribution < -0.4 is 10.6 Å². The predicted octanol–water partition coefficient (Wildman–Crippen LogP) is 7.07. The molecule has 1 aliphatic rings. The molecular formula is C28H27N3OS2. The molecule has 0 spiro atoms. The molecule has 0 aliphatic heterocycles. The van der Waals surface area contributed by atoms with Gasteiger partial charge in [-0.05, 0) is 86.8 Å². The van der Waals surface area contributed by atoms with Gasteiger partial charge in [0.15, 0.2) is 5.11 Å². The van der Waals surface area contributed by atoms with Crippen molar-refractivity contribution in [1.82, 2.24) is 4.57 Å². The van der Waals surface area contributed by atoms with Crippen LogP contribution in [-0.4, -0.2) is 21.3 Å². The summed E-state index contributed by atoms with van der Waals surface area (Å²) in [6.07, 6.45) is 4.39. The molecule has 0 saturated heterocycles. The van der Waals surface area contributed by atoms with Crippen LogP contribution in [0.4, 0.5) is 11.4 Å². The normalized spacial score (nSPS) is 12.9. The number of aryl methyl sites for hydroxylation is 2. The first-order chi connectivity index (χ1) is 16.6. The Kier molecular flexibility index (Phi) is 6.70. The molecule has 1 aliphatic carbocycles. The Morgan fingerprint density at radius 3 is 2.56 bits per heavy atom. The molecule has 0 bridgehead atoms. The van der Waals surface area contributed by atoms with Crippen LogP contribution in [0.15, 0.2) is 77.7 Å². The van der Waals surface area contributed by atoms with E-state index in [-0.39, 0.29) is 5.91 Å². The highest BCUT2D eigenvalue weighted by molar-refractivity contribution is 8.00. The fourth-order valence-electron chi connectivity index (χ4n) is 4.58. The van der Waals surface area contributed by atoms with Crippen LogP contribution in [0.2, 0.25) is 0 Å². The molecule has 1 aromatic heterocycles. The second-order valence-electron chi connectivity index (χ2n) is 8.64. The summed E-state index contributed by atoms with van der Waals surface area (Å²) in [4.78, 5) is 14.4. The highest BCUT2D eigenvalue weighted by atomic mass is 32.2. The first kappa shape index (κ1) is 22.7. The van der Waals surface area contributed by atoms with Crippen LogP contribution in [0.5, 0.6) is 0 Å². The first-order valence-corrected chi connectivity index (χ1v) is 13.0. The van der Waals surface area contributed by atoms with Gasteiger partial charge in [0.05, 0.1) is 11.3 Å². The number of anilines is 2. The summed E-state index contributed by atoms with van der Waals surface area (Å²) >= 11 is 7.03. The molecule has 1 heterocycles. The van der Waals surface area contributed by atoms with Gasteiger partial charge in [0.2, 0.25) is 5.91 Å². The first-order valence-electron chi connectivity index (χ1n) is 11.6. The fourth-order valence-corrected chi connectivity index (χ4v) is 5.62. The Morgan fingerprint density at radius 1 is 0.941 bits per heavy atom. The molecule has 4 nitrogen and oxygen atoms in total. The van der Waals surface area contributed by atoms with E-state index >= 15 is 0 Å². The lowest BCUT2D eigenvalue weighted by molar-refractivity contribution is 0.0943. The van der Waals surface area contributed by atoms with Crippen LogP contribution >= 0.6 is 24.0 Å². The molecule has 0 amide bonds. The zero-order chi connectivity index (χ0) is 23.5. The molecule has 0 radical (unpaired) electrons. The van der Waals surface area contributed by atoms with E-state index in [1.165, 1.54) is 28.6 Å². The number of hydrogen-bond acceptors (Lipinski definition) is 3. The van der Waals surface area contributed by atoms with Crippen molar-refractivity contribution in [1.29, 1.82) is 0 Å². The SMILES string of the molecule is Cc1ccc(NC(=S)Nc2cccc(SCC(=O)n3c4c(c5ccccc53)CCCC4)c2)cc1. The number of hydrogen-bond donors (Lipinski definition) is 2. The molecule has 6 heteroatoms. The predicted molar refractivity (Wildman–Crippen MR) is 147 cm³/mol. The Balaban J connectivity index is 1.26. The number of benzene rings is 3. The van der Waals surface area contributed by atoms with Gasteiger partial charge >= 0.3 is 0 Å². The highest BCUT2D eigenvalue weighted by Gasteiger charge is 2.23. The summed E-state index contributed by atoms with van der Waals surface area (Å²) in [6, 6.07) is 24.4. The number of nitrogens with zero attached hydrogens (tertiary/aromatic N) is 1. The van der Waals surface area contributed by atoms with E-state index in [9.17, 15) is 4.79 Å². The molecular weight excluding hydrogens is 458 g/mol. The third kappa shape index (κ3) is 4.88. The monoisotopic (exact) mass is 485 g/mol. The molecule has 0 fully saturated rings. The maximum atomic E-state index is 13.4. The van der Waals surface area contributed by atoms with Crippen LogP contribution in [-0.2, 0) is 12.8 Å². The number of nitrogens with one attached hydrogen (secondary N) is 2. The fraction of sp³-hybridized carbons (Fsp3) is 0.214. The van der Waals surface area contributed by atoms with E-state index in [1.807, 2.05) is 59.2 Å². The van der Waals surface area contributed by atoms with Gasteiger partial charge in [0, 0.05) is 27.4 Å². The molecule has 0 unspecified atom stereocenters. The second kappa shape index (κ2) is 10.0. The third-order valence-corrected chi connectivity index (χ3v) is 7.37. The molecule has 2 N–H and O–H groups in total. The maximum absolute atomic E-state index is 13.4. The number of thiocarbonyl (C=S) groups is 1. The minimum absolute atomic E-state index is 0.138. The van der Waals surface area contributed by atoms with Crippen molar-refractivity contribution in [2.24, 2.45) is 0 Å². The summed E-state index contributed by atoms with van der Waals surface area (Å²) in [5, 5.41) is 8.22. The minimum Gasteiger partial charge on any atom is -0.332 e. The molecule has 172 valence electrons. The largest absolute Gasteiger partial charge is 0.332 e. The number of fused-ring (bicyclic) bond motifs is 3. The Bertz CT molecular complexity index is 1360. The second-order valence-corrected chi connectivity index (χ2v) is 10.1. The number of thioether (sulfide) groups is 1. The molecule has 0 saturated carbocycles. The number of carbonyl (C=O) groups excluding carboxylic acids is 1. The molecule has 5 rings (SSSR count). The average molecular weight is 486 g/mol. The minimum atomic E-state index is 0.138. The van der Waals surface area contributed by atoms with E-state index in [0.29, 0.717) is 10.9 Å². The van der Waals surface area contributed by atoms with Crippen molar-refractivity contribution in [3.63, 3.8) is 0 Å². The third-order valence-electron chi connectivity index (χ3n) is 6.19. The lowest BCUT2D eigenvalue weighted by Crippen LogP contribution is -2.19. The zero-order valence-electron chi connectivity index (χ0n) is 19.1. The standard InChI is InChI=1S/C28H27N3OS2/c1-19-13-15-20(16-14-19)29-28(33)30-21-7-6-8-22(17-21)34-18-27(32)31-25-11-4-2-9-23(25)24-10-3-5-12-26(24)31/h2,4,6-9,11,13-17H,3,5,10,12,18H2,1H3,(H2,29,30,33). The van der Waals surface area contributed by atoms with Gasteiger partial charge in [-0.1, -0.05) is 42.0 Å². The van der Waals surface area contributed by atoms with Crippen LogP contribution in [0.3, 0.4) is 0 Å². The zero-order valence-corrected chi connectivity index (χ0v) is 20.8. The van der Waals surface area contributed by atoms with Crippen molar-refractivity contribution in [2.75, 3.05) is 16.4 Å². The van der Waals surface area contributed by atoms with Crippen molar-refractivity contribution < 1.29 is 4.79 Å². The summed E-state index contributed by atoms with van der Waals surface area (Å²) in [6.45, 7) is 2.06. The van der Waals surface area contributed by atoms with E-state index < -0.39 is 0 Å². The molecule has 4 aromatic rings. The van der Waals surface area contributed by atoms with Gasteiger partial charge in [-0.15, -0.1) is 11.8 Å². The van der Waals surface area contributed by atoms with Crippen LogP contribution in [0, 0.1) is 6.92 Å². The lowest BCUT2D eigenvalue weighted by atomic mass is 9.96. The van der Waals surface area contributed by atoms with E-state index in [0.717, 1.165) is 41.0 Å². The van der Waals surface area contributed by atoms with Gasteiger partial charge in [-0.2, -0.15) is 0 Å². The topological polar surface area (TPSA) is 46.1 Å². The number of carbonyl (C=O) groups is 1. The summed E-state index contributed by atoms with van der Waals surface area (Å²) in [5.41, 5.74) is 6.66. The Morgan fingerprint density at radius 2 is 1.71 bits per heavy atom. The van der Waals surface area contributed by atoms with Crippen LogP contribution in [0.25, 0.3) is 10.9 Å². The summed E-state index contributed by atoms with van der Waals surface area (Å²) < 4.78 is 1.97. The average Bonchev–Trinajstić information content (AvgIpc) is 3.19. The van der Waals surface area contributed by atoms with Crippen molar-refractivity contribution in [3.8, 4) is 0 Å². The summed E-state index contributed by atoms with van der Waals surface area (Å²) in [7, 11) is 0. The highest BCUT2D eigenvalue weighted by Crippen LogP contribution is 2.33. The summed E-state index contributed by atoms with van der Waals surface area (Å²) in [5.74, 6) is 0.528. The molecule has 34 heavy (non-hydrogen) atoms. The lowest BCUT2D eigenvalue weighted by Gasteiger charge is -2.15. The number of aromatic nitrogens is 1.